The molecule has 0 amide bonds. The molecule has 2 nitrogen and oxygen atoms in total. The van der Waals surface area contributed by atoms with Gasteiger partial charge in [-0.25, -0.2) is 4.98 Å². The van der Waals surface area contributed by atoms with Crippen molar-refractivity contribution in [3.63, 3.8) is 0 Å². The number of hydrogen-bond donors (Lipinski definition) is 0. The molecular formula is C22H25NO. The zero-order valence-electron chi connectivity index (χ0n) is 14.6. The zero-order chi connectivity index (χ0) is 16.8. The highest BCUT2D eigenvalue weighted by Crippen LogP contribution is 2.28. The second-order valence-corrected chi connectivity index (χ2v) is 6.23. The van der Waals surface area contributed by atoms with Crippen LogP contribution < -0.4 is 4.74 Å². The summed E-state index contributed by atoms with van der Waals surface area (Å²) in [6, 6.07) is 18.8. The van der Waals surface area contributed by atoms with E-state index in [9.17, 15) is 0 Å². The van der Waals surface area contributed by atoms with E-state index in [0.717, 1.165) is 23.4 Å². The molecule has 0 aliphatic rings. The molecule has 2 aromatic carbocycles. The maximum absolute atomic E-state index is 5.41. The van der Waals surface area contributed by atoms with Gasteiger partial charge in [0.15, 0.2) is 0 Å². The number of ether oxygens (including phenoxy) is 1. The summed E-state index contributed by atoms with van der Waals surface area (Å²) in [6.45, 7) is 2.25. The lowest BCUT2D eigenvalue weighted by molar-refractivity contribution is 0.415. The minimum atomic E-state index is 0.895. The first-order valence-corrected chi connectivity index (χ1v) is 8.85. The summed E-state index contributed by atoms with van der Waals surface area (Å²) in [5.41, 5.74) is 4.64. The van der Waals surface area contributed by atoms with Gasteiger partial charge in [0.1, 0.15) is 5.75 Å². The second kappa shape index (κ2) is 7.96. The third-order valence-corrected chi connectivity index (χ3v) is 4.47. The first kappa shape index (κ1) is 16.5. The SMILES string of the molecule is CCCCCCc1cc(-c2ccccc2)nc2ccc(OC)cc12. The van der Waals surface area contributed by atoms with Crippen LogP contribution in [0.3, 0.4) is 0 Å². The molecule has 0 atom stereocenters. The number of benzene rings is 2. The molecule has 0 aliphatic heterocycles. The molecule has 0 unspecified atom stereocenters. The van der Waals surface area contributed by atoms with E-state index in [1.807, 2.05) is 12.1 Å². The molecule has 3 rings (SSSR count). The number of aryl methyl sites for hydroxylation is 1. The predicted octanol–water partition coefficient (Wildman–Crippen LogP) is 6.03. The summed E-state index contributed by atoms with van der Waals surface area (Å²) < 4.78 is 5.41. The Kier molecular flexibility index (Phi) is 5.47. The Hall–Kier alpha value is -2.35. The van der Waals surface area contributed by atoms with Gasteiger partial charge in [0.25, 0.3) is 0 Å². The van der Waals surface area contributed by atoms with Gasteiger partial charge in [-0.3, -0.25) is 0 Å². The number of aromatic nitrogens is 1. The Morgan fingerprint density at radius 3 is 2.50 bits per heavy atom. The number of hydrogen-bond acceptors (Lipinski definition) is 2. The van der Waals surface area contributed by atoms with E-state index in [1.54, 1.807) is 7.11 Å². The van der Waals surface area contributed by atoms with Crippen LogP contribution in [0, 0.1) is 0 Å². The molecule has 0 N–H and O–H groups in total. The Morgan fingerprint density at radius 2 is 1.75 bits per heavy atom. The van der Waals surface area contributed by atoms with Crippen molar-refractivity contribution in [1.29, 1.82) is 0 Å². The first-order chi connectivity index (χ1) is 11.8. The summed E-state index contributed by atoms with van der Waals surface area (Å²) >= 11 is 0. The quantitative estimate of drug-likeness (QED) is 0.496. The minimum absolute atomic E-state index is 0.895. The molecule has 1 aromatic heterocycles. The van der Waals surface area contributed by atoms with Gasteiger partial charge in [-0.1, -0.05) is 56.5 Å². The fourth-order valence-electron chi connectivity index (χ4n) is 3.11. The molecule has 0 spiro atoms. The van der Waals surface area contributed by atoms with E-state index in [2.05, 4.69) is 49.4 Å². The monoisotopic (exact) mass is 319 g/mol. The lowest BCUT2D eigenvalue weighted by Crippen LogP contribution is -1.94. The Morgan fingerprint density at radius 1 is 0.917 bits per heavy atom. The maximum Gasteiger partial charge on any atom is 0.119 e. The van der Waals surface area contributed by atoms with Crippen molar-refractivity contribution < 1.29 is 4.74 Å². The van der Waals surface area contributed by atoms with Gasteiger partial charge in [0.05, 0.1) is 18.3 Å². The lowest BCUT2D eigenvalue weighted by Gasteiger charge is -2.11. The van der Waals surface area contributed by atoms with Crippen molar-refractivity contribution in [2.45, 2.75) is 39.0 Å². The fraction of sp³-hybridized carbons (Fsp3) is 0.318. The highest BCUT2D eigenvalue weighted by atomic mass is 16.5. The van der Waals surface area contributed by atoms with Crippen LogP contribution in [0.15, 0.2) is 54.6 Å². The van der Waals surface area contributed by atoms with Gasteiger partial charge in [-0.15, -0.1) is 0 Å². The van der Waals surface area contributed by atoms with Crippen molar-refractivity contribution in [3.05, 3.63) is 60.2 Å². The first-order valence-electron chi connectivity index (χ1n) is 8.85. The Bertz CT molecular complexity index is 796. The van der Waals surface area contributed by atoms with Crippen molar-refractivity contribution in [2.75, 3.05) is 7.11 Å². The third kappa shape index (κ3) is 3.76. The average molecular weight is 319 g/mol. The van der Waals surface area contributed by atoms with Crippen LogP contribution in [-0.4, -0.2) is 12.1 Å². The zero-order valence-corrected chi connectivity index (χ0v) is 14.6. The highest BCUT2D eigenvalue weighted by molar-refractivity contribution is 5.86. The Labute approximate surface area is 144 Å². The molecular weight excluding hydrogens is 294 g/mol. The van der Waals surface area contributed by atoms with Crippen LogP contribution in [0.2, 0.25) is 0 Å². The summed E-state index contributed by atoms with van der Waals surface area (Å²) in [7, 11) is 1.72. The van der Waals surface area contributed by atoms with Gasteiger partial charge in [0, 0.05) is 10.9 Å². The van der Waals surface area contributed by atoms with Crippen LogP contribution in [0.1, 0.15) is 38.2 Å². The molecule has 1 heterocycles. The van der Waals surface area contributed by atoms with Crippen molar-refractivity contribution >= 4 is 10.9 Å². The van der Waals surface area contributed by atoms with E-state index in [4.69, 9.17) is 9.72 Å². The predicted molar refractivity (Wildman–Crippen MR) is 102 cm³/mol. The minimum Gasteiger partial charge on any atom is -0.497 e. The van der Waals surface area contributed by atoms with Crippen LogP contribution in [0.5, 0.6) is 5.75 Å². The summed E-state index contributed by atoms with van der Waals surface area (Å²) in [6.07, 6.45) is 6.16. The molecule has 0 saturated carbocycles. The summed E-state index contributed by atoms with van der Waals surface area (Å²) in [4.78, 5) is 4.87. The van der Waals surface area contributed by atoms with Gasteiger partial charge in [-0.05, 0) is 42.7 Å². The standard InChI is InChI=1S/C22H25NO/c1-3-4-5-7-12-18-15-22(17-10-8-6-9-11-17)23-21-14-13-19(24-2)16-20(18)21/h6,8-11,13-16H,3-5,7,12H2,1-2H3. The Balaban J connectivity index is 2.02. The normalized spacial score (nSPS) is 10.9. The third-order valence-electron chi connectivity index (χ3n) is 4.47. The molecule has 0 saturated heterocycles. The average Bonchev–Trinajstić information content (AvgIpc) is 2.65. The van der Waals surface area contributed by atoms with E-state index in [1.165, 1.54) is 42.2 Å². The number of nitrogens with zero attached hydrogens (tertiary/aromatic N) is 1. The summed E-state index contributed by atoms with van der Waals surface area (Å²) in [5.74, 6) is 0.895. The smallest absolute Gasteiger partial charge is 0.119 e. The molecule has 0 aliphatic carbocycles. The maximum atomic E-state index is 5.41. The van der Waals surface area contributed by atoms with E-state index in [-0.39, 0.29) is 0 Å². The van der Waals surface area contributed by atoms with E-state index < -0.39 is 0 Å². The van der Waals surface area contributed by atoms with E-state index >= 15 is 0 Å². The number of fused-ring (bicyclic) bond motifs is 1. The second-order valence-electron chi connectivity index (χ2n) is 6.23. The van der Waals surface area contributed by atoms with Gasteiger partial charge >= 0.3 is 0 Å². The van der Waals surface area contributed by atoms with Crippen molar-refractivity contribution in [1.82, 2.24) is 4.98 Å². The molecule has 3 aromatic rings. The molecule has 24 heavy (non-hydrogen) atoms. The summed E-state index contributed by atoms with van der Waals surface area (Å²) in [5, 5.41) is 1.21. The topological polar surface area (TPSA) is 22.1 Å². The number of unbranched alkanes of at least 4 members (excludes halogenated alkanes) is 3. The van der Waals surface area contributed by atoms with Crippen LogP contribution >= 0.6 is 0 Å². The molecule has 0 fully saturated rings. The van der Waals surface area contributed by atoms with Crippen LogP contribution in [0.25, 0.3) is 22.2 Å². The van der Waals surface area contributed by atoms with Crippen molar-refractivity contribution in [3.8, 4) is 17.0 Å². The molecule has 2 heteroatoms. The number of methoxy groups -OCH3 is 1. The fourth-order valence-corrected chi connectivity index (χ4v) is 3.11. The highest BCUT2D eigenvalue weighted by Gasteiger charge is 2.09. The lowest BCUT2D eigenvalue weighted by atomic mass is 9.99. The molecule has 0 radical (unpaired) electrons. The van der Waals surface area contributed by atoms with Crippen LogP contribution in [-0.2, 0) is 6.42 Å². The molecule has 124 valence electrons. The number of pyridine rings is 1. The number of rotatable bonds is 7. The molecule has 0 bridgehead atoms. The van der Waals surface area contributed by atoms with Gasteiger partial charge in [-0.2, -0.15) is 0 Å². The largest absolute Gasteiger partial charge is 0.497 e. The van der Waals surface area contributed by atoms with Crippen LogP contribution in [0.4, 0.5) is 0 Å². The van der Waals surface area contributed by atoms with Crippen molar-refractivity contribution in [2.24, 2.45) is 0 Å². The van der Waals surface area contributed by atoms with Gasteiger partial charge in [0.2, 0.25) is 0 Å². The van der Waals surface area contributed by atoms with E-state index in [0.29, 0.717) is 0 Å². The van der Waals surface area contributed by atoms with Gasteiger partial charge < -0.3 is 4.74 Å².